The standard InChI is InChI=1S/C22H28N2O7S/c1-12(2)20(22(25)23-26)24-32(27,28)21-13(3)8-18(29-5)16(14(21)4)9-15-6-7-17-19(10-15)31-11-30-17/h6-8,10,12,20,24,26H,9,11H2,1-5H3,(H,23,25)/t20-/m1/s1. The van der Waals surface area contributed by atoms with Gasteiger partial charge in [-0.05, 0) is 54.7 Å². The van der Waals surface area contributed by atoms with Gasteiger partial charge in [-0.3, -0.25) is 10.0 Å². The van der Waals surface area contributed by atoms with Crippen LogP contribution < -0.4 is 24.4 Å². The lowest BCUT2D eigenvalue weighted by Crippen LogP contribution is -2.49. The second kappa shape index (κ2) is 9.35. The summed E-state index contributed by atoms with van der Waals surface area (Å²) >= 11 is 0. The molecule has 0 bridgehead atoms. The van der Waals surface area contributed by atoms with Crippen molar-refractivity contribution in [2.24, 2.45) is 5.92 Å². The Bertz CT molecular complexity index is 1130. The van der Waals surface area contributed by atoms with Crippen LogP contribution in [0.3, 0.4) is 0 Å². The van der Waals surface area contributed by atoms with Crippen LogP contribution in [0, 0.1) is 19.8 Å². The third kappa shape index (κ3) is 4.67. The molecule has 32 heavy (non-hydrogen) atoms. The molecule has 3 N–H and O–H groups in total. The first-order valence-corrected chi connectivity index (χ1v) is 11.6. The number of carbonyl (C=O) groups excluding carboxylic acids is 1. The van der Waals surface area contributed by atoms with E-state index in [9.17, 15) is 13.2 Å². The van der Waals surface area contributed by atoms with Crippen molar-refractivity contribution in [2.75, 3.05) is 13.9 Å². The monoisotopic (exact) mass is 464 g/mol. The lowest BCUT2D eigenvalue weighted by Gasteiger charge is -2.23. The summed E-state index contributed by atoms with van der Waals surface area (Å²) in [6.07, 6.45) is 0.402. The van der Waals surface area contributed by atoms with E-state index in [-0.39, 0.29) is 17.6 Å². The van der Waals surface area contributed by atoms with Gasteiger partial charge in [0.15, 0.2) is 11.5 Å². The number of aryl methyl sites for hydroxylation is 1. The number of ether oxygens (including phenoxy) is 3. The molecule has 174 valence electrons. The Morgan fingerprint density at radius 1 is 1.19 bits per heavy atom. The van der Waals surface area contributed by atoms with Gasteiger partial charge in [0.1, 0.15) is 11.8 Å². The molecule has 1 aliphatic heterocycles. The highest BCUT2D eigenvalue weighted by atomic mass is 32.2. The first-order valence-electron chi connectivity index (χ1n) is 10.1. The van der Waals surface area contributed by atoms with Crippen molar-refractivity contribution >= 4 is 15.9 Å². The number of benzene rings is 2. The molecule has 0 fully saturated rings. The van der Waals surface area contributed by atoms with Crippen LogP contribution in [-0.4, -0.2) is 39.5 Å². The van der Waals surface area contributed by atoms with Crippen molar-refractivity contribution < 1.29 is 32.6 Å². The minimum Gasteiger partial charge on any atom is -0.496 e. The van der Waals surface area contributed by atoms with E-state index < -0.39 is 22.0 Å². The Kier molecular flexibility index (Phi) is 6.97. The van der Waals surface area contributed by atoms with Crippen molar-refractivity contribution in [3.63, 3.8) is 0 Å². The molecule has 0 radical (unpaired) electrons. The van der Waals surface area contributed by atoms with Crippen LogP contribution in [-0.2, 0) is 21.2 Å². The molecule has 10 heteroatoms. The number of carbonyl (C=O) groups is 1. The van der Waals surface area contributed by atoms with E-state index in [1.165, 1.54) is 12.6 Å². The molecule has 2 aromatic carbocycles. The predicted molar refractivity (Wildman–Crippen MR) is 117 cm³/mol. The van der Waals surface area contributed by atoms with Gasteiger partial charge >= 0.3 is 0 Å². The van der Waals surface area contributed by atoms with Gasteiger partial charge in [-0.1, -0.05) is 19.9 Å². The summed E-state index contributed by atoms with van der Waals surface area (Å²) < 4.78 is 45.4. The number of hydroxylamine groups is 1. The van der Waals surface area contributed by atoms with Gasteiger partial charge in [-0.15, -0.1) is 0 Å². The SMILES string of the molecule is COc1cc(C)c(S(=O)(=O)N[C@@H](C(=O)NO)C(C)C)c(C)c1Cc1ccc2c(c1)OCO2. The van der Waals surface area contributed by atoms with Crippen molar-refractivity contribution in [2.45, 2.75) is 45.1 Å². The fourth-order valence-corrected chi connectivity index (χ4v) is 5.67. The molecule has 0 aromatic heterocycles. The minimum absolute atomic E-state index is 0.0745. The summed E-state index contributed by atoms with van der Waals surface area (Å²) in [5.41, 5.74) is 4.11. The number of hydrogen-bond donors (Lipinski definition) is 3. The van der Waals surface area contributed by atoms with Crippen LogP contribution in [0.4, 0.5) is 0 Å². The molecular formula is C22H28N2O7S. The number of rotatable bonds is 8. The van der Waals surface area contributed by atoms with Gasteiger partial charge in [-0.25, -0.2) is 13.9 Å². The van der Waals surface area contributed by atoms with E-state index in [4.69, 9.17) is 19.4 Å². The maximum absolute atomic E-state index is 13.3. The first-order chi connectivity index (χ1) is 15.1. The van der Waals surface area contributed by atoms with Crippen LogP contribution in [0.15, 0.2) is 29.2 Å². The number of methoxy groups -OCH3 is 1. The fourth-order valence-electron chi connectivity index (χ4n) is 3.83. The molecule has 1 aliphatic rings. The summed E-state index contributed by atoms with van der Waals surface area (Å²) in [5, 5.41) is 9.00. The number of hydrogen-bond acceptors (Lipinski definition) is 7. The number of fused-ring (bicyclic) bond motifs is 1. The van der Waals surface area contributed by atoms with E-state index in [0.717, 1.165) is 5.56 Å². The molecule has 0 unspecified atom stereocenters. The molecule has 3 rings (SSSR count). The van der Waals surface area contributed by atoms with Crippen molar-refractivity contribution in [3.05, 3.63) is 46.5 Å². The third-order valence-electron chi connectivity index (χ3n) is 5.44. The van der Waals surface area contributed by atoms with Crippen molar-refractivity contribution in [1.82, 2.24) is 10.2 Å². The van der Waals surface area contributed by atoms with Crippen LogP contribution in [0.25, 0.3) is 0 Å². The molecular weight excluding hydrogens is 436 g/mol. The summed E-state index contributed by atoms with van der Waals surface area (Å²) in [7, 11) is -2.56. The topological polar surface area (TPSA) is 123 Å². The van der Waals surface area contributed by atoms with Gasteiger partial charge in [0.2, 0.25) is 16.8 Å². The fraction of sp³-hybridized carbons (Fsp3) is 0.409. The Morgan fingerprint density at radius 3 is 2.50 bits per heavy atom. The van der Waals surface area contributed by atoms with Crippen LogP contribution in [0.1, 0.15) is 36.1 Å². The van der Waals surface area contributed by atoms with Gasteiger partial charge in [0.25, 0.3) is 5.91 Å². The predicted octanol–water partition coefficient (Wildman–Crippen LogP) is 2.44. The van der Waals surface area contributed by atoms with Gasteiger partial charge in [0, 0.05) is 12.0 Å². The van der Waals surface area contributed by atoms with Crippen LogP contribution >= 0.6 is 0 Å². The average molecular weight is 465 g/mol. The Balaban J connectivity index is 2.04. The molecule has 1 amide bonds. The molecule has 0 saturated heterocycles. The van der Waals surface area contributed by atoms with Crippen molar-refractivity contribution in [3.8, 4) is 17.2 Å². The molecule has 2 aromatic rings. The zero-order valence-electron chi connectivity index (χ0n) is 18.7. The van der Waals surface area contributed by atoms with Crippen LogP contribution in [0.2, 0.25) is 0 Å². The molecule has 1 heterocycles. The van der Waals surface area contributed by atoms with Crippen LogP contribution in [0.5, 0.6) is 17.2 Å². The van der Waals surface area contributed by atoms with Gasteiger partial charge < -0.3 is 14.2 Å². The lowest BCUT2D eigenvalue weighted by atomic mass is 9.97. The molecule has 0 saturated carbocycles. The smallest absolute Gasteiger partial charge is 0.261 e. The largest absolute Gasteiger partial charge is 0.496 e. The quantitative estimate of drug-likeness (QED) is 0.405. The highest BCUT2D eigenvalue weighted by Gasteiger charge is 2.31. The minimum atomic E-state index is -4.09. The molecule has 1 atom stereocenters. The zero-order chi connectivity index (χ0) is 23.6. The van der Waals surface area contributed by atoms with Gasteiger partial charge in [0.05, 0.1) is 12.0 Å². The third-order valence-corrected chi connectivity index (χ3v) is 7.17. The number of sulfonamides is 1. The van der Waals surface area contributed by atoms with Crippen molar-refractivity contribution in [1.29, 1.82) is 0 Å². The maximum Gasteiger partial charge on any atom is 0.261 e. The summed E-state index contributed by atoms with van der Waals surface area (Å²) in [5.74, 6) is 0.647. The van der Waals surface area contributed by atoms with E-state index in [1.54, 1.807) is 33.8 Å². The lowest BCUT2D eigenvalue weighted by molar-refractivity contribution is -0.131. The van der Waals surface area contributed by atoms with E-state index in [2.05, 4.69) is 4.72 Å². The second-order valence-corrected chi connectivity index (χ2v) is 9.66. The molecule has 0 spiro atoms. The van der Waals surface area contributed by atoms with E-state index in [0.29, 0.717) is 40.4 Å². The molecule has 9 nitrogen and oxygen atoms in total. The van der Waals surface area contributed by atoms with E-state index in [1.807, 2.05) is 18.2 Å². The van der Waals surface area contributed by atoms with E-state index >= 15 is 0 Å². The maximum atomic E-state index is 13.3. The normalized spacial score (nSPS) is 13.8. The molecule has 0 aliphatic carbocycles. The average Bonchev–Trinajstić information content (AvgIpc) is 3.20. The summed E-state index contributed by atoms with van der Waals surface area (Å²) in [6, 6.07) is 6.09. The second-order valence-electron chi connectivity index (χ2n) is 8.01. The summed E-state index contributed by atoms with van der Waals surface area (Å²) in [4.78, 5) is 12.1. The summed E-state index contributed by atoms with van der Waals surface area (Å²) in [6.45, 7) is 6.91. The Hall–Kier alpha value is -2.82. The number of amides is 1. The Morgan fingerprint density at radius 2 is 1.88 bits per heavy atom. The highest BCUT2D eigenvalue weighted by molar-refractivity contribution is 7.89. The first kappa shape index (κ1) is 23.8. The number of nitrogens with one attached hydrogen (secondary N) is 2. The Labute approximate surface area is 187 Å². The highest BCUT2D eigenvalue weighted by Crippen LogP contribution is 2.36. The van der Waals surface area contributed by atoms with Gasteiger partial charge in [-0.2, -0.15) is 4.72 Å². The zero-order valence-corrected chi connectivity index (χ0v) is 19.5.